The maximum absolute atomic E-state index is 7.73. The van der Waals surface area contributed by atoms with Crippen LogP contribution in [-0.2, 0) is 6.42 Å². The second kappa shape index (κ2) is 4.89. The van der Waals surface area contributed by atoms with Gasteiger partial charge in [-0.15, -0.1) is 5.73 Å². The number of hydrogen-bond donors (Lipinski definition) is 2. The molecule has 1 fully saturated rings. The molecule has 0 unspecified atom stereocenters. The van der Waals surface area contributed by atoms with Gasteiger partial charge in [0.25, 0.3) is 0 Å². The third-order valence-electron chi connectivity index (χ3n) is 3.08. The van der Waals surface area contributed by atoms with Crippen LogP contribution in [0.1, 0.15) is 12.0 Å². The summed E-state index contributed by atoms with van der Waals surface area (Å²) in [5.74, 6) is 0.425. The quantitative estimate of drug-likeness (QED) is 0.776. The minimum Gasteiger partial charge on any atom is -0.347 e. The van der Waals surface area contributed by atoms with Gasteiger partial charge in [-0.2, -0.15) is 0 Å². The average molecular weight is 227 g/mol. The van der Waals surface area contributed by atoms with Crippen LogP contribution in [0.4, 0.5) is 0 Å². The van der Waals surface area contributed by atoms with Crippen molar-refractivity contribution in [3.63, 3.8) is 0 Å². The van der Waals surface area contributed by atoms with Crippen molar-refractivity contribution in [2.24, 2.45) is 0 Å². The van der Waals surface area contributed by atoms with Gasteiger partial charge in [0.05, 0.1) is 11.7 Å². The zero-order chi connectivity index (χ0) is 12.3. The van der Waals surface area contributed by atoms with Gasteiger partial charge in [-0.3, -0.25) is 5.41 Å². The minimum atomic E-state index is 0.158. The molecule has 0 amide bonds. The number of nitrogens with one attached hydrogen (secondary N) is 2. The molecule has 2 N–H and O–H groups in total. The van der Waals surface area contributed by atoms with Crippen LogP contribution in [0, 0.1) is 5.41 Å². The van der Waals surface area contributed by atoms with Gasteiger partial charge >= 0.3 is 0 Å². The lowest BCUT2D eigenvalue weighted by Crippen LogP contribution is -2.27. The van der Waals surface area contributed by atoms with Crippen molar-refractivity contribution in [3.8, 4) is 0 Å². The Kier molecular flexibility index (Phi) is 3.31. The van der Waals surface area contributed by atoms with Gasteiger partial charge in [0, 0.05) is 7.05 Å². The monoisotopic (exact) mass is 227 g/mol. The Morgan fingerprint density at radius 3 is 2.76 bits per heavy atom. The van der Waals surface area contributed by atoms with E-state index in [0.29, 0.717) is 5.96 Å². The fourth-order valence-electron chi connectivity index (χ4n) is 2.09. The molecule has 0 radical (unpaired) electrons. The maximum atomic E-state index is 7.73. The van der Waals surface area contributed by atoms with Gasteiger partial charge in [-0.25, -0.2) is 0 Å². The van der Waals surface area contributed by atoms with E-state index in [4.69, 9.17) is 5.41 Å². The van der Waals surface area contributed by atoms with Crippen LogP contribution in [0.15, 0.2) is 48.3 Å². The highest BCUT2D eigenvalue weighted by atomic mass is 15.3. The van der Waals surface area contributed by atoms with E-state index in [2.05, 4.69) is 41.9 Å². The van der Waals surface area contributed by atoms with Crippen molar-refractivity contribution in [3.05, 3.63) is 53.9 Å². The van der Waals surface area contributed by atoms with E-state index >= 15 is 0 Å². The minimum absolute atomic E-state index is 0.158. The van der Waals surface area contributed by atoms with E-state index in [1.807, 2.05) is 13.1 Å². The van der Waals surface area contributed by atoms with Crippen molar-refractivity contribution in [2.75, 3.05) is 7.05 Å². The summed E-state index contributed by atoms with van der Waals surface area (Å²) < 4.78 is 0. The molecule has 0 spiro atoms. The lowest BCUT2D eigenvalue weighted by molar-refractivity contribution is 0.585. The maximum Gasteiger partial charge on any atom is 0.196 e. The molecule has 0 bridgehead atoms. The van der Waals surface area contributed by atoms with Crippen LogP contribution in [0.25, 0.3) is 0 Å². The number of hydrogen-bond acceptors (Lipinski definition) is 1. The smallest absolute Gasteiger partial charge is 0.196 e. The lowest BCUT2D eigenvalue weighted by Gasteiger charge is -2.12. The number of rotatable bonds is 3. The summed E-state index contributed by atoms with van der Waals surface area (Å²) in [6, 6.07) is 10.5. The Balaban J connectivity index is 2.01. The predicted octanol–water partition coefficient (Wildman–Crippen LogP) is 2.13. The van der Waals surface area contributed by atoms with Gasteiger partial charge in [0.1, 0.15) is 0 Å². The Morgan fingerprint density at radius 2 is 2.12 bits per heavy atom. The Bertz CT molecular complexity index is 458. The van der Waals surface area contributed by atoms with Crippen LogP contribution < -0.4 is 5.32 Å². The first-order valence-corrected chi connectivity index (χ1v) is 5.75. The van der Waals surface area contributed by atoms with Gasteiger partial charge in [-0.1, -0.05) is 36.9 Å². The number of nitrogens with zero attached hydrogens (tertiary/aromatic N) is 1. The molecule has 1 saturated heterocycles. The molecule has 2 rings (SSSR count). The van der Waals surface area contributed by atoms with Crippen molar-refractivity contribution < 1.29 is 0 Å². The summed E-state index contributed by atoms with van der Waals surface area (Å²) in [5, 5.41) is 10.9. The van der Waals surface area contributed by atoms with Crippen LogP contribution >= 0.6 is 0 Å². The fourth-order valence-corrected chi connectivity index (χ4v) is 2.09. The van der Waals surface area contributed by atoms with Gasteiger partial charge in [0.15, 0.2) is 5.96 Å². The molecule has 1 atom stereocenters. The molecule has 0 aromatic heterocycles. The second-order valence-corrected chi connectivity index (χ2v) is 4.19. The molecule has 88 valence electrons. The zero-order valence-electron chi connectivity index (χ0n) is 10.0. The molecule has 1 heterocycles. The predicted molar refractivity (Wildman–Crippen MR) is 69.8 cm³/mol. The first-order valence-electron chi connectivity index (χ1n) is 5.75. The lowest BCUT2D eigenvalue weighted by atomic mass is 10.0. The summed E-state index contributed by atoms with van der Waals surface area (Å²) in [4.78, 5) is 1.79. The highest BCUT2D eigenvalue weighted by Crippen LogP contribution is 2.18. The highest BCUT2D eigenvalue weighted by Gasteiger charge is 2.28. The van der Waals surface area contributed by atoms with Gasteiger partial charge in [-0.05, 0) is 18.4 Å². The number of aryl methyl sites for hydroxylation is 1. The van der Waals surface area contributed by atoms with Crippen LogP contribution in [-0.4, -0.2) is 23.9 Å². The van der Waals surface area contributed by atoms with Crippen LogP contribution in [0.3, 0.4) is 0 Å². The molecule has 0 aliphatic carbocycles. The normalized spacial score (nSPS) is 19.1. The first-order chi connectivity index (χ1) is 8.22. The van der Waals surface area contributed by atoms with Crippen LogP contribution in [0.2, 0.25) is 0 Å². The summed E-state index contributed by atoms with van der Waals surface area (Å²) in [7, 11) is 1.87. The average Bonchev–Trinajstić information content (AvgIpc) is 2.63. The standard InChI is InChI=1S/C14H17N3/c1-3-13-12(16-14(15)17(13)2)10-9-11-7-5-4-6-8-11/h4-8,12H,1,9-10H2,2H3,(H2,15,16)/t12-/m0/s1. The van der Waals surface area contributed by atoms with Gasteiger partial charge in [0.2, 0.25) is 0 Å². The Morgan fingerprint density at radius 1 is 1.41 bits per heavy atom. The highest BCUT2D eigenvalue weighted by molar-refractivity contribution is 5.82. The van der Waals surface area contributed by atoms with E-state index in [1.165, 1.54) is 5.56 Å². The molecule has 17 heavy (non-hydrogen) atoms. The molecule has 1 aromatic carbocycles. The molecule has 1 aliphatic rings. The van der Waals surface area contributed by atoms with Crippen molar-refractivity contribution in [1.29, 1.82) is 5.41 Å². The second-order valence-electron chi connectivity index (χ2n) is 4.19. The molecule has 1 aliphatic heterocycles. The Hall–Kier alpha value is -1.99. The SMILES string of the molecule is C=C=C1[C@H](CCc2ccccc2)NC(=N)N1C. The third-order valence-corrected chi connectivity index (χ3v) is 3.08. The molecule has 0 saturated carbocycles. The van der Waals surface area contributed by atoms with E-state index in [1.54, 1.807) is 4.90 Å². The molecule has 1 aromatic rings. The molecule has 3 nitrogen and oxygen atoms in total. The summed E-state index contributed by atoms with van der Waals surface area (Å²) in [6.07, 6.45) is 1.94. The summed E-state index contributed by atoms with van der Waals surface area (Å²) in [6.45, 7) is 3.69. The van der Waals surface area contributed by atoms with Crippen molar-refractivity contribution >= 4 is 5.96 Å². The first kappa shape index (κ1) is 11.5. The van der Waals surface area contributed by atoms with Crippen LogP contribution in [0.5, 0.6) is 0 Å². The number of benzene rings is 1. The molecular formula is C14H17N3. The third kappa shape index (κ3) is 2.40. The zero-order valence-corrected chi connectivity index (χ0v) is 10.0. The topological polar surface area (TPSA) is 39.1 Å². The largest absolute Gasteiger partial charge is 0.347 e. The van der Waals surface area contributed by atoms with Gasteiger partial charge < -0.3 is 10.2 Å². The van der Waals surface area contributed by atoms with Crippen molar-refractivity contribution in [2.45, 2.75) is 18.9 Å². The van der Waals surface area contributed by atoms with Crippen molar-refractivity contribution in [1.82, 2.24) is 10.2 Å². The van der Waals surface area contributed by atoms with E-state index in [0.717, 1.165) is 18.5 Å². The number of likely N-dealkylation sites (N-methyl/N-ethyl adjacent to an activating group) is 1. The van der Waals surface area contributed by atoms with E-state index < -0.39 is 0 Å². The fraction of sp³-hybridized carbons (Fsp3) is 0.286. The Labute approximate surface area is 102 Å². The number of guanidine groups is 1. The molecular weight excluding hydrogens is 210 g/mol. The molecule has 3 heteroatoms. The summed E-state index contributed by atoms with van der Waals surface area (Å²) >= 11 is 0. The summed E-state index contributed by atoms with van der Waals surface area (Å²) in [5.41, 5.74) is 5.20. The van der Waals surface area contributed by atoms with E-state index in [-0.39, 0.29) is 6.04 Å². The van der Waals surface area contributed by atoms with E-state index in [9.17, 15) is 0 Å².